The van der Waals surface area contributed by atoms with Crippen LogP contribution in [0.1, 0.15) is 26.2 Å². The Labute approximate surface area is 131 Å². The number of urea groups is 1. The number of para-hydroxylation sites is 1. The molecule has 1 aliphatic heterocycles. The molecule has 2 amide bonds. The lowest BCUT2D eigenvalue weighted by atomic mass is 10.1. The molecule has 2 rings (SSSR count). The van der Waals surface area contributed by atoms with Gasteiger partial charge in [0.05, 0.1) is 11.8 Å². The first-order chi connectivity index (χ1) is 10.2. The molecule has 0 aromatic heterocycles. The largest absolute Gasteiger partial charge is 0.376 e. The quantitative estimate of drug-likeness (QED) is 0.841. The number of nitrogens with one attached hydrogen (secondary N) is 1. The van der Waals surface area contributed by atoms with E-state index >= 15 is 0 Å². The van der Waals surface area contributed by atoms with E-state index < -0.39 is 0 Å². The number of rotatable bonds is 5. The Hall–Kier alpha value is -1.20. The summed E-state index contributed by atoms with van der Waals surface area (Å²) in [5.41, 5.74) is 0.881. The van der Waals surface area contributed by atoms with Gasteiger partial charge in [-0.05, 0) is 37.7 Å². The van der Waals surface area contributed by atoms with Crippen LogP contribution in [0.4, 0.5) is 10.5 Å². The van der Waals surface area contributed by atoms with E-state index in [1.54, 1.807) is 11.8 Å². The summed E-state index contributed by atoms with van der Waals surface area (Å²) in [6, 6.07) is 7.86. The van der Waals surface area contributed by atoms with Crippen LogP contribution in [0, 0.1) is 0 Å². The number of benzene rings is 1. The first-order valence-electron chi connectivity index (χ1n) is 7.55. The average molecular weight is 308 g/mol. The minimum atomic E-state index is -0.0266. The van der Waals surface area contributed by atoms with Crippen molar-refractivity contribution < 1.29 is 9.53 Å². The summed E-state index contributed by atoms with van der Waals surface area (Å²) in [6.45, 7) is 4.37. The van der Waals surface area contributed by atoms with Gasteiger partial charge in [0, 0.05) is 24.6 Å². The van der Waals surface area contributed by atoms with Crippen molar-refractivity contribution in [2.75, 3.05) is 31.3 Å². The fraction of sp³-hybridized carbons (Fsp3) is 0.562. The van der Waals surface area contributed by atoms with E-state index in [0.29, 0.717) is 6.54 Å². The topological polar surface area (TPSA) is 41.6 Å². The molecule has 1 N–H and O–H groups in total. The predicted octanol–water partition coefficient (Wildman–Crippen LogP) is 3.83. The number of carbonyl (C=O) groups is 1. The Kier molecular flexibility index (Phi) is 6.39. The van der Waals surface area contributed by atoms with Crippen LogP contribution in [0.5, 0.6) is 0 Å². The van der Waals surface area contributed by atoms with Crippen LogP contribution >= 0.6 is 11.8 Å². The molecule has 1 aliphatic rings. The summed E-state index contributed by atoms with van der Waals surface area (Å²) >= 11 is 1.64. The molecule has 0 bridgehead atoms. The van der Waals surface area contributed by atoms with Gasteiger partial charge in [-0.25, -0.2) is 4.79 Å². The molecule has 1 unspecified atom stereocenters. The van der Waals surface area contributed by atoms with E-state index in [4.69, 9.17) is 4.74 Å². The lowest BCUT2D eigenvalue weighted by Gasteiger charge is -2.32. The highest BCUT2D eigenvalue weighted by molar-refractivity contribution is 7.98. The Balaban J connectivity index is 1.93. The third-order valence-corrected chi connectivity index (χ3v) is 4.37. The van der Waals surface area contributed by atoms with Crippen LogP contribution in [0.3, 0.4) is 0 Å². The van der Waals surface area contributed by atoms with Crippen molar-refractivity contribution in [1.82, 2.24) is 4.90 Å². The van der Waals surface area contributed by atoms with Gasteiger partial charge in [-0.1, -0.05) is 19.1 Å². The highest BCUT2D eigenvalue weighted by Crippen LogP contribution is 2.25. The van der Waals surface area contributed by atoms with E-state index in [1.165, 1.54) is 0 Å². The molecule has 1 fully saturated rings. The first-order valence-corrected chi connectivity index (χ1v) is 8.77. The molecular weight excluding hydrogens is 284 g/mol. The third kappa shape index (κ3) is 4.64. The second kappa shape index (κ2) is 8.29. The number of piperidine rings is 1. The zero-order valence-electron chi connectivity index (χ0n) is 12.8. The lowest BCUT2D eigenvalue weighted by molar-refractivity contribution is 0.0115. The molecule has 1 aromatic carbocycles. The smallest absolute Gasteiger partial charge is 0.321 e. The van der Waals surface area contributed by atoms with Crippen molar-refractivity contribution in [3.8, 4) is 0 Å². The van der Waals surface area contributed by atoms with Crippen LogP contribution in [0.2, 0.25) is 0 Å². The minimum Gasteiger partial charge on any atom is -0.376 e. The van der Waals surface area contributed by atoms with Gasteiger partial charge in [0.1, 0.15) is 0 Å². The summed E-state index contributed by atoms with van der Waals surface area (Å²) in [4.78, 5) is 15.4. The molecular formula is C16H24N2O2S. The summed E-state index contributed by atoms with van der Waals surface area (Å²) in [7, 11) is 0. The fourth-order valence-corrected chi connectivity index (χ4v) is 3.04. The van der Waals surface area contributed by atoms with E-state index in [9.17, 15) is 4.79 Å². The molecule has 0 spiro atoms. The number of nitrogens with zero attached hydrogens (tertiary/aromatic N) is 1. The Bertz CT molecular complexity index is 467. The molecule has 116 valence electrons. The van der Waals surface area contributed by atoms with Crippen molar-refractivity contribution in [1.29, 1.82) is 0 Å². The highest BCUT2D eigenvalue weighted by Gasteiger charge is 2.24. The molecule has 0 saturated carbocycles. The molecule has 0 aliphatic carbocycles. The Morgan fingerprint density at radius 3 is 3.05 bits per heavy atom. The monoisotopic (exact) mass is 308 g/mol. The predicted molar refractivity (Wildman–Crippen MR) is 88.1 cm³/mol. The molecule has 1 saturated heterocycles. The zero-order chi connectivity index (χ0) is 15.1. The third-order valence-electron chi connectivity index (χ3n) is 3.57. The summed E-state index contributed by atoms with van der Waals surface area (Å²) in [5.74, 6) is 0. The van der Waals surface area contributed by atoms with Crippen LogP contribution in [0.15, 0.2) is 29.2 Å². The molecule has 1 atom stereocenters. The van der Waals surface area contributed by atoms with Gasteiger partial charge in [0.15, 0.2) is 0 Å². The molecule has 21 heavy (non-hydrogen) atoms. The SMILES string of the molecule is CCCOC1CCCN(C(=O)Nc2ccccc2SC)C1. The molecule has 4 nitrogen and oxygen atoms in total. The second-order valence-corrected chi connectivity index (χ2v) is 6.06. The van der Waals surface area contributed by atoms with Gasteiger partial charge in [-0.15, -0.1) is 11.8 Å². The Morgan fingerprint density at radius 1 is 1.48 bits per heavy atom. The number of anilines is 1. The summed E-state index contributed by atoms with van der Waals surface area (Å²) < 4.78 is 5.78. The number of hydrogen-bond donors (Lipinski definition) is 1. The summed E-state index contributed by atoms with van der Waals surface area (Å²) in [6.07, 6.45) is 5.27. The van der Waals surface area contributed by atoms with Gasteiger partial charge < -0.3 is 15.0 Å². The van der Waals surface area contributed by atoms with Crippen LogP contribution in [0.25, 0.3) is 0 Å². The second-order valence-electron chi connectivity index (χ2n) is 5.21. The standard InChI is InChI=1S/C16H24N2O2S/c1-3-11-20-13-7-6-10-18(12-13)16(19)17-14-8-4-5-9-15(14)21-2/h4-5,8-9,13H,3,6-7,10-12H2,1-2H3,(H,17,19). The van der Waals surface area contributed by atoms with Gasteiger partial charge in [-0.2, -0.15) is 0 Å². The van der Waals surface area contributed by atoms with Crippen LogP contribution in [-0.2, 0) is 4.74 Å². The van der Waals surface area contributed by atoms with Crippen molar-refractivity contribution in [2.45, 2.75) is 37.2 Å². The molecule has 1 heterocycles. The number of thioether (sulfide) groups is 1. The van der Waals surface area contributed by atoms with Gasteiger partial charge in [0.2, 0.25) is 0 Å². The molecule has 1 aromatic rings. The number of carbonyl (C=O) groups excluding carboxylic acids is 1. The van der Waals surface area contributed by atoms with E-state index in [0.717, 1.165) is 43.0 Å². The van der Waals surface area contributed by atoms with E-state index in [1.807, 2.05) is 35.4 Å². The van der Waals surface area contributed by atoms with Crippen LogP contribution in [-0.4, -0.2) is 43.0 Å². The highest BCUT2D eigenvalue weighted by atomic mass is 32.2. The first kappa shape index (κ1) is 16.2. The van der Waals surface area contributed by atoms with Gasteiger partial charge in [-0.3, -0.25) is 0 Å². The maximum Gasteiger partial charge on any atom is 0.321 e. The average Bonchev–Trinajstić information content (AvgIpc) is 2.53. The number of likely N-dealkylation sites (tertiary alicyclic amines) is 1. The van der Waals surface area contributed by atoms with Crippen molar-refractivity contribution >= 4 is 23.5 Å². The van der Waals surface area contributed by atoms with Crippen molar-refractivity contribution in [2.24, 2.45) is 0 Å². The van der Waals surface area contributed by atoms with Crippen molar-refractivity contribution in [3.05, 3.63) is 24.3 Å². The van der Waals surface area contributed by atoms with E-state index in [2.05, 4.69) is 12.2 Å². The molecule has 0 radical (unpaired) electrons. The van der Waals surface area contributed by atoms with Crippen molar-refractivity contribution in [3.63, 3.8) is 0 Å². The zero-order valence-corrected chi connectivity index (χ0v) is 13.6. The maximum absolute atomic E-state index is 12.4. The Morgan fingerprint density at radius 2 is 2.29 bits per heavy atom. The number of amides is 2. The van der Waals surface area contributed by atoms with E-state index in [-0.39, 0.29) is 12.1 Å². The van der Waals surface area contributed by atoms with Gasteiger partial charge in [0.25, 0.3) is 0 Å². The number of ether oxygens (including phenoxy) is 1. The number of hydrogen-bond acceptors (Lipinski definition) is 3. The summed E-state index contributed by atoms with van der Waals surface area (Å²) in [5, 5.41) is 3.02. The van der Waals surface area contributed by atoms with Crippen LogP contribution < -0.4 is 5.32 Å². The normalized spacial score (nSPS) is 18.6. The lowest BCUT2D eigenvalue weighted by Crippen LogP contribution is -2.45. The minimum absolute atomic E-state index is 0.0266. The van der Waals surface area contributed by atoms with Gasteiger partial charge >= 0.3 is 6.03 Å². The maximum atomic E-state index is 12.4. The molecule has 5 heteroatoms. The fourth-order valence-electron chi connectivity index (χ4n) is 2.49.